The van der Waals surface area contributed by atoms with E-state index >= 15 is 0 Å². The predicted octanol–water partition coefficient (Wildman–Crippen LogP) is 8.26. The number of aromatic nitrogens is 2. The maximum atomic E-state index is 12.5. The standard InChI is InChI=1S/C36H34Cl2N4O3S/c1-36(2,3)18-17-24-7-11-26(12-8-24)27-13-9-25(10-14-27)19-34-39-33(31-16-15-28(37)20-32(31)38)22-41(34)29-5-4-6-30(21-29)42-23-35(43)40-46(42,44)45/h4-16,20-22H,17-19,23H2,1-3H3,(H,40,43). The zero-order valence-electron chi connectivity index (χ0n) is 25.8. The van der Waals surface area contributed by atoms with Crippen LogP contribution in [0.1, 0.15) is 44.1 Å². The summed E-state index contributed by atoms with van der Waals surface area (Å²) in [6.45, 7) is 6.52. The van der Waals surface area contributed by atoms with Gasteiger partial charge in [0.2, 0.25) is 0 Å². The van der Waals surface area contributed by atoms with Crippen molar-refractivity contribution < 1.29 is 13.2 Å². The van der Waals surface area contributed by atoms with Gasteiger partial charge in [-0.2, -0.15) is 8.42 Å². The van der Waals surface area contributed by atoms with Crippen LogP contribution in [-0.2, 0) is 27.8 Å². The molecule has 1 amide bonds. The second-order valence-electron chi connectivity index (χ2n) is 12.7. The minimum atomic E-state index is -3.95. The van der Waals surface area contributed by atoms with E-state index in [-0.39, 0.29) is 6.54 Å². The van der Waals surface area contributed by atoms with Crippen LogP contribution in [0.25, 0.3) is 28.1 Å². The zero-order valence-corrected chi connectivity index (χ0v) is 28.1. The second kappa shape index (κ2) is 12.6. The molecule has 0 aliphatic carbocycles. The van der Waals surface area contributed by atoms with Gasteiger partial charge in [-0.05, 0) is 76.9 Å². The van der Waals surface area contributed by atoms with Crippen molar-refractivity contribution in [2.45, 2.75) is 40.0 Å². The Morgan fingerprint density at radius 2 is 1.50 bits per heavy atom. The molecule has 10 heteroatoms. The third-order valence-electron chi connectivity index (χ3n) is 7.97. The predicted molar refractivity (Wildman–Crippen MR) is 186 cm³/mol. The van der Waals surface area contributed by atoms with E-state index < -0.39 is 16.1 Å². The SMILES string of the molecule is CC(C)(C)CCc1ccc(-c2ccc(Cc3nc(-c4ccc(Cl)cc4Cl)cn3-c3cccc(N4CC(=O)NS4(=O)=O)c3)cc2)cc1. The summed E-state index contributed by atoms with van der Waals surface area (Å²) in [5, 5.41) is 0.995. The Morgan fingerprint density at radius 3 is 2.11 bits per heavy atom. The Bertz CT molecular complexity index is 2020. The molecule has 0 saturated carbocycles. The van der Waals surface area contributed by atoms with Crippen molar-refractivity contribution >= 4 is 45.0 Å². The molecule has 7 nitrogen and oxygen atoms in total. The first-order valence-corrected chi connectivity index (χ1v) is 17.2. The van der Waals surface area contributed by atoms with E-state index in [1.165, 1.54) is 5.56 Å². The molecule has 6 rings (SSSR count). The van der Waals surface area contributed by atoms with Crippen LogP contribution in [0.2, 0.25) is 10.0 Å². The van der Waals surface area contributed by atoms with Gasteiger partial charge in [-0.25, -0.2) is 14.0 Å². The van der Waals surface area contributed by atoms with E-state index in [4.69, 9.17) is 28.2 Å². The number of aryl methyl sites for hydroxylation is 1. The summed E-state index contributed by atoms with van der Waals surface area (Å²) >= 11 is 12.7. The fourth-order valence-electron chi connectivity index (χ4n) is 5.45. The number of rotatable bonds is 8. The summed E-state index contributed by atoms with van der Waals surface area (Å²) in [6, 6.07) is 29.5. The Kier molecular flexibility index (Phi) is 8.72. The molecule has 0 atom stereocenters. The normalized spacial score (nSPS) is 14.5. The second-order valence-corrected chi connectivity index (χ2v) is 15.2. The Morgan fingerprint density at radius 1 is 0.848 bits per heavy atom. The summed E-state index contributed by atoms with van der Waals surface area (Å²) in [6.07, 6.45) is 4.58. The average Bonchev–Trinajstić information content (AvgIpc) is 3.55. The fraction of sp³-hybridized carbons (Fsp3) is 0.222. The van der Waals surface area contributed by atoms with Crippen LogP contribution in [-0.4, -0.2) is 30.4 Å². The number of hydrogen-bond acceptors (Lipinski definition) is 4. The molecule has 0 bridgehead atoms. The zero-order chi connectivity index (χ0) is 32.6. The number of benzene rings is 4. The molecule has 1 N–H and O–H groups in total. The highest BCUT2D eigenvalue weighted by Crippen LogP contribution is 2.33. The summed E-state index contributed by atoms with van der Waals surface area (Å²) in [5.41, 5.74) is 7.42. The van der Waals surface area contributed by atoms with Crippen molar-refractivity contribution in [2.24, 2.45) is 5.41 Å². The van der Waals surface area contributed by atoms with Crippen LogP contribution < -0.4 is 9.03 Å². The monoisotopic (exact) mass is 672 g/mol. The Labute approximate surface area is 280 Å². The summed E-state index contributed by atoms with van der Waals surface area (Å²) in [4.78, 5) is 16.9. The number of carbonyl (C=O) groups is 1. The smallest absolute Gasteiger partial charge is 0.303 e. The minimum absolute atomic E-state index is 0.278. The van der Waals surface area contributed by atoms with Gasteiger partial charge in [0.25, 0.3) is 5.91 Å². The molecule has 5 aromatic rings. The van der Waals surface area contributed by atoms with Crippen molar-refractivity contribution in [1.29, 1.82) is 0 Å². The van der Waals surface area contributed by atoms with E-state index in [1.54, 1.807) is 30.3 Å². The summed E-state index contributed by atoms with van der Waals surface area (Å²) in [7, 11) is -3.95. The average molecular weight is 674 g/mol. The van der Waals surface area contributed by atoms with Crippen LogP contribution in [0.5, 0.6) is 0 Å². The van der Waals surface area contributed by atoms with Crippen molar-refractivity contribution in [3.8, 4) is 28.1 Å². The number of halogens is 2. The molecule has 0 unspecified atom stereocenters. The van der Waals surface area contributed by atoms with Gasteiger partial charge < -0.3 is 4.57 Å². The van der Waals surface area contributed by atoms with E-state index in [2.05, 4.69) is 69.3 Å². The van der Waals surface area contributed by atoms with Gasteiger partial charge in [-0.1, -0.05) is 98.6 Å². The van der Waals surface area contributed by atoms with Crippen LogP contribution in [0, 0.1) is 5.41 Å². The topological polar surface area (TPSA) is 84.3 Å². The molecule has 4 aromatic carbocycles. The molecule has 1 aromatic heterocycles. The Balaban J connectivity index is 1.31. The van der Waals surface area contributed by atoms with Gasteiger partial charge in [-0.15, -0.1) is 0 Å². The molecule has 0 spiro atoms. The fourth-order valence-corrected chi connectivity index (χ4v) is 7.10. The maximum Gasteiger partial charge on any atom is 0.326 e. The number of imidazole rings is 1. The molecule has 1 saturated heterocycles. The van der Waals surface area contributed by atoms with E-state index in [0.29, 0.717) is 38.9 Å². The molecule has 1 aliphatic heterocycles. The first-order valence-electron chi connectivity index (χ1n) is 15.0. The first-order chi connectivity index (χ1) is 21.8. The lowest BCUT2D eigenvalue weighted by Gasteiger charge is -2.17. The highest BCUT2D eigenvalue weighted by Gasteiger charge is 2.34. The summed E-state index contributed by atoms with van der Waals surface area (Å²) in [5.74, 6) is 0.154. The molecule has 46 heavy (non-hydrogen) atoms. The number of carbonyl (C=O) groups excluding carboxylic acids is 1. The van der Waals surface area contributed by atoms with Crippen molar-refractivity contribution in [1.82, 2.24) is 14.3 Å². The lowest BCUT2D eigenvalue weighted by molar-refractivity contribution is -0.117. The molecule has 0 radical (unpaired) electrons. The number of nitrogens with zero attached hydrogens (tertiary/aromatic N) is 3. The van der Waals surface area contributed by atoms with Crippen molar-refractivity contribution in [3.05, 3.63) is 124 Å². The molecular weight excluding hydrogens is 639 g/mol. The highest BCUT2D eigenvalue weighted by atomic mass is 35.5. The molecule has 2 heterocycles. The minimum Gasteiger partial charge on any atom is -0.303 e. The third-order valence-corrected chi connectivity index (χ3v) is 9.92. The number of hydrogen-bond donors (Lipinski definition) is 1. The molecular formula is C36H34Cl2N4O3S. The number of amides is 1. The van der Waals surface area contributed by atoms with E-state index in [0.717, 1.165) is 45.2 Å². The largest absolute Gasteiger partial charge is 0.326 e. The van der Waals surface area contributed by atoms with Crippen molar-refractivity contribution in [3.63, 3.8) is 0 Å². The molecule has 1 aliphatic rings. The van der Waals surface area contributed by atoms with Crippen LogP contribution in [0.4, 0.5) is 5.69 Å². The van der Waals surface area contributed by atoms with Gasteiger partial charge >= 0.3 is 10.2 Å². The Hall–Kier alpha value is -4.11. The molecule has 1 fully saturated rings. The summed E-state index contributed by atoms with van der Waals surface area (Å²) < 4.78 is 30.1. The lowest BCUT2D eigenvalue weighted by atomic mass is 9.88. The number of nitrogens with one attached hydrogen (secondary N) is 1. The van der Waals surface area contributed by atoms with Gasteiger partial charge in [0.05, 0.1) is 16.4 Å². The third kappa shape index (κ3) is 7.15. The highest BCUT2D eigenvalue weighted by molar-refractivity contribution is 7.92. The van der Waals surface area contributed by atoms with Crippen LogP contribution in [0.3, 0.4) is 0 Å². The first kappa shape index (κ1) is 31.9. The lowest BCUT2D eigenvalue weighted by Crippen LogP contribution is -2.29. The van der Waals surface area contributed by atoms with Gasteiger partial charge in [-0.3, -0.25) is 4.79 Å². The van der Waals surface area contributed by atoms with Crippen LogP contribution in [0.15, 0.2) is 97.2 Å². The maximum absolute atomic E-state index is 12.5. The molecule has 236 valence electrons. The van der Waals surface area contributed by atoms with Crippen LogP contribution >= 0.6 is 23.2 Å². The quantitative estimate of drug-likeness (QED) is 0.180. The van der Waals surface area contributed by atoms with Gasteiger partial charge in [0, 0.05) is 28.9 Å². The number of anilines is 1. The van der Waals surface area contributed by atoms with Gasteiger partial charge in [0.1, 0.15) is 12.4 Å². The van der Waals surface area contributed by atoms with Gasteiger partial charge in [0.15, 0.2) is 0 Å². The van der Waals surface area contributed by atoms with E-state index in [1.807, 2.05) is 27.6 Å². The van der Waals surface area contributed by atoms with Crippen molar-refractivity contribution in [2.75, 3.05) is 10.8 Å². The van der Waals surface area contributed by atoms with E-state index in [9.17, 15) is 13.2 Å².